The number of carbonyl (C=O) groups is 2. The Balaban J connectivity index is 2.01. The maximum Gasteiger partial charge on any atom is 0.323 e. The summed E-state index contributed by atoms with van der Waals surface area (Å²) < 4.78 is 0. The molecule has 6 heteroatoms. The standard InChI is InChI=1S/C15H19ClN2O3/c16-11-5-7-13(8-6-11)18(10-15(20)21)14(19)9-17-12-3-1-2-4-12/h5-8,12,17H,1-4,9-10H2,(H,20,21). The van der Waals surface area contributed by atoms with Gasteiger partial charge in [-0.2, -0.15) is 0 Å². The molecule has 1 aromatic rings. The molecule has 0 aliphatic heterocycles. The summed E-state index contributed by atoms with van der Waals surface area (Å²) in [5.74, 6) is -1.29. The summed E-state index contributed by atoms with van der Waals surface area (Å²) in [4.78, 5) is 24.5. The monoisotopic (exact) mass is 310 g/mol. The summed E-state index contributed by atoms with van der Waals surface area (Å²) in [6, 6.07) is 6.95. The van der Waals surface area contributed by atoms with E-state index < -0.39 is 5.97 Å². The molecule has 0 radical (unpaired) electrons. The predicted octanol–water partition coefficient (Wildman–Crippen LogP) is 2.29. The summed E-state index contributed by atoms with van der Waals surface area (Å²) in [5.41, 5.74) is 0.542. The van der Waals surface area contributed by atoms with Crippen LogP contribution in [-0.2, 0) is 9.59 Å². The van der Waals surface area contributed by atoms with Crippen LogP contribution in [0, 0.1) is 0 Å². The number of amides is 1. The van der Waals surface area contributed by atoms with Crippen LogP contribution in [0.3, 0.4) is 0 Å². The topological polar surface area (TPSA) is 69.6 Å². The van der Waals surface area contributed by atoms with Crippen LogP contribution in [0.2, 0.25) is 5.02 Å². The van der Waals surface area contributed by atoms with E-state index in [0.29, 0.717) is 16.8 Å². The second-order valence-corrected chi connectivity index (χ2v) is 5.65. The van der Waals surface area contributed by atoms with E-state index in [1.807, 2.05) is 0 Å². The normalized spacial score (nSPS) is 15.1. The zero-order valence-electron chi connectivity index (χ0n) is 11.7. The van der Waals surface area contributed by atoms with Gasteiger partial charge in [0, 0.05) is 16.8 Å². The average molecular weight is 311 g/mol. The van der Waals surface area contributed by atoms with Gasteiger partial charge >= 0.3 is 5.97 Å². The first-order chi connectivity index (χ1) is 10.1. The van der Waals surface area contributed by atoms with Gasteiger partial charge in [-0.25, -0.2) is 0 Å². The van der Waals surface area contributed by atoms with Crippen molar-refractivity contribution in [2.45, 2.75) is 31.7 Å². The summed E-state index contributed by atoms with van der Waals surface area (Å²) >= 11 is 5.82. The smallest absolute Gasteiger partial charge is 0.323 e. The summed E-state index contributed by atoms with van der Waals surface area (Å²) in [5, 5.41) is 12.7. The van der Waals surface area contributed by atoms with E-state index >= 15 is 0 Å². The molecular formula is C15H19ClN2O3. The number of benzene rings is 1. The summed E-state index contributed by atoms with van der Waals surface area (Å²) in [6.07, 6.45) is 4.52. The van der Waals surface area contributed by atoms with E-state index in [4.69, 9.17) is 16.7 Å². The molecule has 0 atom stereocenters. The highest BCUT2D eigenvalue weighted by Crippen LogP contribution is 2.19. The van der Waals surface area contributed by atoms with Crippen LogP contribution in [0.25, 0.3) is 0 Å². The SMILES string of the molecule is O=C(O)CN(C(=O)CNC1CCCC1)c1ccc(Cl)cc1. The first kappa shape index (κ1) is 15.8. The third kappa shape index (κ3) is 4.72. The molecule has 0 aromatic heterocycles. The first-order valence-electron chi connectivity index (χ1n) is 7.07. The second-order valence-electron chi connectivity index (χ2n) is 5.21. The minimum atomic E-state index is -1.04. The fourth-order valence-corrected chi connectivity index (χ4v) is 2.66. The van der Waals surface area contributed by atoms with Crippen LogP contribution < -0.4 is 10.2 Å². The van der Waals surface area contributed by atoms with E-state index in [2.05, 4.69) is 5.32 Å². The lowest BCUT2D eigenvalue weighted by atomic mass is 10.2. The summed E-state index contributed by atoms with van der Waals surface area (Å²) in [6.45, 7) is -0.201. The predicted molar refractivity (Wildman–Crippen MR) is 81.7 cm³/mol. The van der Waals surface area contributed by atoms with Crippen LogP contribution in [0.4, 0.5) is 5.69 Å². The molecule has 1 fully saturated rings. The molecule has 2 rings (SSSR count). The van der Waals surface area contributed by atoms with E-state index in [-0.39, 0.29) is 19.0 Å². The van der Waals surface area contributed by atoms with Crippen molar-refractivity contribution in [3.05, 3.63) is 29.3 Å². The molecule has 0 heterocycles. The second kappa shape index (κ2) is 7.43. The van der Waals surface area contributed by atoms with E-state index in [1.165, 1.54) is 17.7 Å². The Labute approximate surface area is 128 Å². The summed E-state index contributed by atoms with van der Waals surface area (Å²) in [7, 11) is 0. The molecule has 1 aliphatic carbocycles. The van der Waals surface area contributed by atoms with Gasteiger partial charge in [0.25, 0.3) is 0 Å². The van der Waals surface area contributed by atoms with Gasteiger partial charge in [0.2, 0.25) is 5.91 Å². The zero-order valence-corrected chi connectivity index (χ0v) is 12.5. The molecule has 5 nitrogen and oxygen atoms in total. The maximum absolute atomic E-state index is 12.3. The molecule has 1 aromatic carbocycles. The maximum atomic E-state index is 12.3. The third-order valence-electron chi connectivity index (χ3n) is 3.63. The van der Waals surface area contributed by atoms with Gasteiger partial charge in [0.05, 0.1) is 6.54 Å². The number of anilines is 1. The molecule has 114 valence electrons. The van der Waals surface area contributed by atoms with Crippen LogP contribution >= 0.6 is 11.6 Å². The van der Waals surface area contributed by atoms with Gasteiger partial charge in [0.15, 0.2) is 0 Å². The number of carboxylic acids is 1. The van der Waals surface area contributed by atoms with Crippen LogP contribution in [0.1, 0.15) is 25.7 Å². The molecule has 0 unspecified atom stereocenters. The average Bonchev–Trinajstić information content (AvgIpc) is 2.96. The zero-order chi connectivity index (χ0) is 15.2. The van der Waals surface area contributed by atoms with E-state index in [0.717, 1.165) is 12.8 Å². The highest BCUT2D eigenvalue weighted by molar-refractivity contribution is 6.30. The van der Waals surface area contributed by atoms with Crippen LogP contribution in [0.15, 0.2) is 24.3 Å². The number of hydrogen-bond acceptors (Lipinski definition) is 3. The van der Waals surface area contributed by atoms with Gasteiger partial charge in [-0.1, -0.05) is 24.4 Å². The Morgan fingerprint density at radius 3 is 2.43 bits per heavy atom. The lowest BCUT2D eigenvalue weighted by molar-refractivity contribution is -0.136. The van der Waals surface area contributed by atoms with Gasteiger partial charge < -0.3 is 15.3 Å². The van der Waals surface area contributed by atoms with Gasteiger partial charge in [-0.3, -0.25) is 9.59 Å². The molecule has 21 heavy (non-hydrogen) atoms. The molecule has 1 aliphatic rings. The number of carboxylic acid groups (broad SMARTS) is 1. The quantitative estimate of drug-likeness (QED) is 0.846. The molecule has 2 N–H and O–H groups in total. The highest BCUT2D eigenvalue weighted by Gasteiger charge is 2.21. The van der Waals surface area contributed by atoms with Crippen molar-refractivity contribution >= 4 is 29.2 Å². The Morgan fingerprint density at radius 1 is 1.24 bits per heavy atom. The fourth-order valence-electron chi connectivity index (χ4n) is 2.54. The fraction of sp³-hybridized carbons (Fsp3) is 0.467. The van der Waals surface area contributed by atoms with Crippen molar-refractivity contribution in [2.24, 2.45) is 0 Å². The lowest BCUT2D eigenvalue weighted by Gasteiger charge is -2.22. The number of carbonyl (C=O) groups excluding carboxylic acids is 1. The number of nitrogens with one attached hydrogen (secondary N) is 1. The number of rotatable bonds is 6. The van der Waals surface area contributed by atoms with Gasteiger partial charge in [0.1, 0.15) is 6.54 Å². The largest absolute Gasteiger partial charge is 0.480 e. The van der Waals surface area contributed by atoms with Crippen molar-refractivity contribution in [3.63, 3.8) is 0 Å². The van der Waals surface area contributed by atoms with Crippen LogP contribution in [-0.4, -0.2) is 36.1 Å². The Hall–Kier alpha value is -1.59. The molecule has 1 saturated carbocycles. The number of halogens is 1. The Kier molecular flexibility index (Phi) is 5.59. The lowest BCUT2D eigenvalue weighted by Crippen LogP contribution is -2.43. The van der Waals surface area contributed by atoms with Crippen molar-refractivity contribution in [3.8, 4) is 0 Å². The number of nitrogens with zero attached hydrogens (tertiary/aromatic N) is 1. The van der Waals surface area contributed by atoms with Gasteiger partial charge in [-0.05, 0) is 37.1 Å². The van der Waals surface area contributed by atoms with Crippen molar-refractivity contribution in [1.29, 1.82) is 0 Å². The molecule has 0 spiro atoms. The molecule has 0 saturated heterocycles. The number of aliphatic carboxylic acids is 1. The minimum absolute atomic E-state index is 0.153. The van der Waals surface area contributed by atoms with Crippen molar-refractivity contribution < 1.29 is 14.7 Å². The third-order valence-corrected chi connectivity index (χ3v) is 3.88. The molecule has 0 bridgehead atoms. The molecule has 1 amide bonds. The highest BCUT2D eigenvalue weighted by atomic mass is 35.5. The van der Waals surface area contributed by atoms with Crippen LogP contribution in [0.5, 0.6) is 0 Å². The van der Waals surface area contributed by atoms with Gasteiger partial charge in [-0.15, -0.1) is 0 Å². The minimum Gasteiger partial charge on any atom is -0.480 e. The van der Waals surface area contributed by atoms with Crippen molar-refractivity contribution in [2.75, 3.05) is 18.0 Å². The first-order valence-corrected chi connectivity index (χ1v) is 7.45. The number of hydrogen-bond donors (Lipinski definition) is 2. The van der Waals surface area contributed by atoms with E-state index in [9.17, 15) is 9.59 Å². The van der Waals surface area contributed by atoms with Crippen molar-refractivity contribution in [1.82, 2.24) is 5.32 Å². The Morgan fingerprint density at radius 2 is 1.86 bits per heavy atom. The van der Waals surface area contributed by atoms with E-state index in [1.54, 1.807) is 24.3 Å². The Bertz CT molecular complexity index is 498. The molecular weight excluding hydrogens is 292 g/mol.